The van der Waals surface area contributed by atoms with E-state index in [0.717, 1.165) is 5.56 Å². The van der Waals surface area contributed by atoms with Crippen LogP contribution in [0.3, 0.4) is 0 Å². The molecule has 3 atom stereocenters. The van der Waals surface area contributed by atoms with E-state index >= 15 is 0 Å². The van der Waals surface area contributed by atoms with Gasteiger partial charge in [0.2, 0.25) is 11.8 Å². The van der Waals surface area contributed by atoms with Gasteiger partial charge in [-0.15, -0.1) is 0 Å². The number of aliphatic hydroxyl groups excluding tert-OH is 1. The molecule has 42 heavy (non-hydrogen) atoms. The third-order valence-electron chi connectivity index (χ3n) is 7.47. The Morgan fingerprint density at radius 2 is 1.90 bits per heavy atom. The molecule has 11 nitrogen and oxygen atoms in total. The highest BCUT2D eigenvalue weighted by molar-refractivity contribution is 5.93. The highest BCUT2D eigenvalue weighted by atomic mass is 16.5. The number of hydrogen-bond acceptors (Lipinski definition) is 7. The molecule has 224 valence electrons. The summed E-state index contributed by atoms with van der Waals surface area (Å²) in [7, 11) is 1.67. The minimum Gasteiger partial charge on any atom is -0.488 e. The van der Waals surface area contributed by atoms with Crippen LogP contribution in [-0.4, -0.2) is 76.8 Å². The number of aryl methyl sites for hydroxylation is 2. The number of amides is 4. The molecule has 1 aliphatic heterocycles. The van der Waals surface area contributed by atoms with Crippen LogP contribution < -0.4 is 15.4 Å². The van der Waals surface area contributed by atoms with Crippen LogP contribution in [0, 0.1) is 19.8 Å². The maximum absolute atomic E-state index is 13.5. The second-order valence-electron chi connectivity index (χ2n) is 10.9. The molecule has 2 heterocycles. The summed E-state index contributed by atoms with van der Waals surface area (Å²) in [5, 5.41) is 19.5. The SMILES string of the molecule is Cc1noc(C)c1NC(=O)N(C)C[C@H]1Oc2ccc(NC(=O)Cc3ccccc3)cc2CC(=O)N([C@H](C)CO)C[C@H]1C. The minimum atomic E-state index is -0.484. The summed E-state index contributed by atoms with van der Waals surface area (Å²) in [6.45, 7) is 7.59. The predicted molar refractivity (Wildman–Crippen MR) is 158 cm³/mol. The van der Waals surface area contributed by atoms with Crippen LogP contribution in [0.25, 0.3) is 0 Å². The second kappa shape index (κ2) is 13.5. The number of anilines is 2. The topological polar surface area (TPSA) is 137 Å². The summed E-state index contributed by atoms with van der Waals surface area (Å²) in [6, 6.07) is 13.9. The Morgan fingerprint density at radius 1 is 1.17 bits per heavy atom. The van der Waals surface area contributed by atoms with Crippen molar-refractivity contribution < 1.29 is 28.8 Å². The number of urea groups is 1. The number of carbonyl (C=O) groups is 3. The Kier molecular flexibility index (Phi) is 9.84. The van der Waals surface area contributed by atoms with E-state index in [1.54, 1.807) is 50.9 Å². The highest BCUT2D eigenvalue weighted by Gasteiger charge is 2.32. The first kappa shape index (κ1) is 30.6. The van der Waals surface area contributed by atoms with Crippen LogP contribution in [-0.2, 0) is 22.4 Å². The molecule has 2 aromatic carbocycles. The third kappa shape index (κ3) is 7.47. The van der Waals surface area contributed by atoms with Crippen molar-refractivity contribution in [3.05, 3.63) is 71.1 Å². The molecular weight excluding hydrogens is 538 g/mol. The van der Waals surface area contributed by atoms with E-state index in [4.69, 9.17) is 9.26 Å². The van der Waals surface area contributed by atoms with E-state index in [-0.39, 0.29) is 49.8 Å². The minimum absolute atomic E-state index is 0.0316. The number of aromatic nitrogens is 1. The molecule has 0 spiro atoms. The van der Waals surface area contributed by atoms with Crippen LogP contribution >= 0.6 is 0 Å². The number of nitrogens with zero attached hydrogens (tertiary/aromatic N) is 3. The molecule has 1 aromatic heterocycles. The molecule has 0 saturated carbocycles. The lowest BCUT2D eigenvalue weighted by atomic mass is 10.0. The molecule has 11 heteroatoms. The quantitative estimate of drug-likeness (QED) is 0.371. The van der Waals surface area contributed by atoms with Crippen LogP contribution in [0.15, 0.2) is 53.1 Å². The molecule has 3 aromatic rings. The van der Waals surface area contributed by atoms with Crippen LogP contribution in [0.4, 0.5) is 16.2 Å². The third-order valence-corrected chi connectivity index (χ3v) is 7.47. The first-order valence-electron chi connectivity index (χ1n) is 14.0. The molecule has 0 saturated heterocycles. The Bertz CT molecular complexity index is 1390. The van der Waals surface area contributed by atoms with E-state index in [0.29, 0.717) is 40.7 Å². The summed E-state index contributed by atoms with van der Waals surface area (Å²) in [5.74, 6) is 0.484. The zero-order chi connectivity index (χ0) is 30.4. The molecule has 0 aliphatic carbocycles. The number of nitrogens with one attached hydrogen (secondary N) is 2. The van der Waals surface area contributed by atoms with Gasteiger partial charge in [-0.1, -0.05) is 42.4 Å². The Morgan fingerprint density at radius 3 is 2.57 bits per heavy atom. The van der Waals surface area contributed by atoms with Gasteiger partial charge >= 0.3 is 6.03 Å². The number of aliphatic hydroxyl groups is 1. The lowest BCUT2D eigenvalue weighted by Crippen LogP contribution is -2.48. The van der Waals surface area contributed by atoms with Gasteiger partial charge in [0.05, 0.1) is 32.0 Å². The summed E-state index contributed by atoms with van der Waals surface area (Å²) >= 11 is 0. The van der Waals surface area contributed by atoms with Gasteiger partial charge in [-0.25, -0.2) is 4.79 Å². The summed E-state index contributed by atoms with van der Waals surface area (Å²) in [5.41, 5.74) is 3.15. The van der Waals surface area contributed by atoms with Gasteiger partial charge in [-0.05, 0) is 44.5 Å². The zero-order valence-corrected chi connectivity index (χ0v) is 24.7. The van der Waals surface area contributed by atoms with E-state index in [1.807, 2.05) is 37.3 Å². The molecule has 4 amide bonds. The smallest absolute Gasteiger partial charge is 0.321 e. The first-order valence-corrected chi connectivity index (χ1v) is 14.0. The van der Waals surface area contributed by atoms with Crippen molar-refractivity contribution in [3.63, 3.8) is 0 Å². The average Bonchev–Trinajstić information content (AvgIpc) is 3.29. The highest BCUT2D eigenvalue weighted by Crippen LogP contribution is 2.29. The predicted octanol–water partition coefficient (Wildman–Crippen LogP) is 3.79. The number of rotatable bonds is 8. The summed E-state index contributed by atoms with van der Waals surface area (Å²) < 4.78 is 11.6. The monoisotopic (exact) mass is 577 g/mol. The fourth-order valence-corrected chi connectivity index (χ4v) is 4.93. The normalized spacial score (nSPS) is 17.7. The molecular formula is C31H39N5O6. The number of hydrogen-bond donors (Lipinski definition) is 3. The lowest BCUT2D eigenvalue weighted by molar-refractivity contribution is -0.134. The van der Waals surface area contributed by atoms with Crippen LogP contribution in [0.2, 0.25) is 0 Å². The fourth-order valence-electron chi connectivity index (χ4n) is 4.93. The molecule has 0 radical (unpaired) electrons. The Labute approximate surface area is 245 Å². The van der Waals surface area contributed by atoms with E-state index < -0.39 is 12.1 Å². The number of fused-ring (bicyclic) bond motifs is 1. The number of carbonyl (C=O) groups excluding carboxylic acids is 3. The maximum Gasteiger partial charge on any atom is 0.321 e. The van der Waals surface area contributed by atoms with Gasteiger partial charge < -0.3 is 34.8 Å². The van der Waals surface area contributed by atoms with Gasteiger partial charge in [0.25, 0.3) is 0 Å². The van der Waals surface area contributed by atoms with Crippen molar-refractivity contribution >= 4 is 29.2 Å². The molecule has 0 fully saturated rings. The van der Waals surface area contributed by atoms with Crippen LogP contribution in [0.1, 0.15) is 36.4 Å². The number of ether oxygens (including phenoxy) is 1. The number of benzene rings is 2. The standard InChI is InChI=1S/C31H39N5O6/c1-19-16-36(20(2)18-37)29(39)15-24-14-25(32-28(38)13-23-9-7-6-8-10-23)11-12-26(24)41-27(19)17-35(5)31(40)33-30-21(3)34-42-22(30)4/h6-12,14,19-20,27,37H,13,15-18H2,1-5H3,(H,32,38)(H,33,40)/t19-,20-,27-/m1/s1. The largest absolute Gasteiger partial charge is 0.488 e. The van der Waals surface area contributed by atoms with Gasteiger partial charge in [0, 0.05) is 30.8 Å². The van der Waals surface area contributed by atoms with Crippen molar-refractivity contribution in [2.75, 3.05) is 37.4 Å². The second-order valence-corrected chi connectivity index (χ2v) is 10.9. The van der Waals surface area contributed by atoms with Crippen LogP contribution in [0.5, 0.6) is 5.75 Å². The summed E-state index contributed by atoms with van der Waals surface area (Å²) in [6.07, 6.45) is -0.233. The maximum atomic E-state index is 13.5. The average molecular weight is 578 g/mol. The Balaban J connectivity index is 1.56. The van der Waals surface area contributed by atoms with E-state index in [9.17, 15) is 19.5 Å². The molecule has 0 unspecified atom stereocenters. The van der Waals surface area contributed by atoms with Gasteiger partial charge in [0.15, 0.2) is 5.76 Å². The van der Waals surface area contributed by atoms with Gasteiger partial charge in [-0.3, -0.25) is 9.59 Å². The van der Waals surface area contributed by atoms with Crippen molar-refractivity contribution in [2.24, 2.45) is 5.92 Å². The van der Waals surface area contributed by atoms with Crippen molar-refractivity contribution in [1.29, 1.82) is 0 Å². The Hall–Kier alpha value is -4.38. The van der Waals surface area contributed by atoms with Gasteiger partial charge in [-0.2, -0.15) is 0 Å². The van der Waals surface area contributed by atoms with Gasteiger partial charge in [0.1, 0.15) is 23.2 Å². The number of likely N-dealkylation sites (N-methyl/N-ethyl adjacent to an activating group) is 1. The molecule has 3 N–H and O–H groups in total. The van der Waals surface area contributed by atoms with E-state index in [2.05, 4.69) is 15.8 Å². The van der Waals surface area contributed by atoms with Crippen molar-refractivity contribution in [1.82, 2.24) is 15.0 Å². The molecule has 4 rings (SSSR count). The van der Waals surface area contributed by atoms with E-state index in [1.165, 1.54) is 4.90 Å². The molecule has 1 aliphatic rings. The first-order chi connectivity index (χ1) is 20.0. The van der Waals surface area contributed by atoms with Crippen molar-refractivity contribution in [2.45, 2.75) is 52.7 Å². The lowest BCUT2D eigenvalue weighted by Gasteiger charge is -2.34. The summed E-state index contributed by atoms with van der Waals surface area (Å²) in [4.78, 5) is 42.4. The zero-order valence-electron chi connectivity index (χ0n) is 24.7. The molecule has 0 bridgehead atoms. The fraction of sp³-hybridized carbons (Fsp3) is 0.419. The van der Waals surface area contributed by atoms with Crippen molar-refractivity contribution in [3.8, 4) is 5.75 Å².